The van der Waals surface area contributed by atoms with Crippen molar-refractivity contribution in [2.24, 2.45) is 11.8 Å². The summed E-state index contributed by atoms with van der Waals surface area (Å²) in [5.41, 5.74) is 1.59. The van der Waals surface area contributed by atoms with Crippen molar-refractivity contribution in [1.29, 1.82) is 0 Å². The Morgan fingerprint density at radius 1 is 1.12 bits per heavy atom. The Bertz CT molecular complexity index is 845. The van der Waals surface area contributed by atoms with Crippen molar-refractivity contribution in [3.8, 4) is 0 Å². The number of nitrogens with zero attached hydrogens (tertiary/aromatic N) is 6. The number of fused-ring (bicyclic) bond motifs is 2. The zero-order chi connectivity index (χ0) is 16.1. The SMILES string of the molecule is O[C@@H]1C[C@H]2CN(c3ncnc4nc[nH]c34)C[C@H]2C[C@H]1n1ccnc1. The minimum atomic E-state index is -0.321. The third-order valence-electron chi connectivity index (χ3n) is 5.52. The van der Waals surface area contributed by atoms with Gasteiger partial charge in [-0.2, -0.15) is 0 Å². The van der Waals surface area contributed by atoms with Crippen LogP contribution in [0.4, 0.5) is 5.82 Å². The lowest BCUT2D eigenvalue weighted by Crippen LogP contribution is -2.35. The quantitative estimate of drug-likeness (QED) is 0.730. The summed E-state index contributed by atoms with van der Waals surface area (Å²) in [6.07, 6.45) is 10.2. The number of hydrogen-bond acceptors (Lipinski definition) is 6. The first-order chi connectivity index (χ1) is 11.8. The summed E-state index contributed by atoms with van der Waals surface area (Å²) in [5, 5.41) is 10.6. The molecule has 0 unspecified atom stereocenters. The van der Waals surface area contributed by atoms with Gasteiger partial charge in [0.25, 0.3) is 0 Å². The molecule has 4 heterocycles. The second kappa shape index (κ2) is 5.27. The van der Waals surface area contributed by atoms with Crippen molar-refractivity contribution in [3.05, 3.63) is 31.4 Å². The number of hydrogen-bond donors (Lipinski definition) is 2. The van der Waals surface area contributed by atoms with Crippen LogP contribution in [0.25, 0.3) is 11.2 Å². The predicted molar refractivity (Wildman–Crippen MR) is 87.4 cm³/mol. The Labute approximate surface area is 138 Å². The van der Waals surface area contributed by atoms with Gasteiger partial charge in [0.1, 0.15) is 11.8 Å². The van der Waals surface area contributed by atoms with Crippen LogP contribution in [0, 0.1) is 11.8 Å². The average molecular weight is 325 g/mol. The van der Waals surface area contributed by atoms with Gasteiger partial charge in [-0.1, -0.05) is 0 Å². The highest BCUT2D eigenvalue weighted by Crippen LogP contribution is 2.42. The van der Waals surface area contributed by atoms with E-state index in [9.17, 15) is 5.11 Å². The molecule has 1 aliphatic heterocycles. The number of nitrogens with one attached hydrogen (secondary N) is 1. The van der Waals surface area contributed by atoms with Gasteiger partial charge in [-0.3, -0.25) is 0 Å². The van der Waals surface area contributed by atoms with E-state index in [2.05, 4.69) is 29.8 Å². The Kier molecular flexibility index (Phi) is 3.05. The van der Waals surface area contributed by atoms with E-state index in [1.165, 1.54) is 0 Å². The fourth-order valence-electron chi connectivity index (χ4n) is 4.36. The van der Waals surface area contributed by atoms with E-state index in [-0.39, 0.29) is 12.1 Å². The Morgan fingerprint density at radius 3 is 2.83 bits per heavy atom. The standard InChI is InChI=1S/C16H19N7O/c24-13-4-11-6-23(16-14-15(19-7-18-14)20-8-21-16)5-10(11)3-12(13)22-2-1-17-9-22/h1-2,7-13,24H,3-6H2,(H,18,19,20,21)/t10-,11+,12-,13-/m1/s1. The summed E-state index contributed by atoms with van der Waals surface area (Å²) in [7, 11) is 0. The molecule has 0 aromatic carbocycles. The highest BCUT2D eigenvalue weighted by atomic mass is 16.3. The molecule has 1 saturated heterocycles. The number of imidazole rings is 2. The molecular formula is C16H19N7O. The predicted octanol–water partition coefficient (Wildman–Crippen LogP) is 0.998. The van der Waals surface area contributed by atoms with Crippen LogP contribution in [0.15, 0.2) is 31.4 Å². The van der Waals surface area contributed by atoms with Gasteiger partial charge in [0.05, 0.1) is 24.8 Å². The van der Waals surface area contributed by atoms with Gasteiger partial charge in [-0.25, -0.2) is 19.9 Å². The minimum absolute atomic E-state index is 0.117. The first-order valence-corrected chi connectivity index (χ1v) is 8.34. The maximum Gasteiger partial charge on any atom is 0.182 e. The van der Waals surface area contributed by atoms with Gasteiger partial charge in [0.2, 0.25) is 0 Å². The summed E-state index contributed by atoms with van der Waals surface area (Å²) in [4.78, 5) is 22.5. The van der Waals surface area contributed by atoms with Crippen LogP contribution >= 0.6 is 0 Å². The molecule has 124 valence electrons. The number of anilines is 1. The number of aliphatic hydroxyl groups excluding tert-OH is 1. The van der Waals surface area contributed by atoms with Crippen LogP contribution in [-0.2, 0) is 0 Å². The normalized spacial score (nSPS) is 30.0. The van der Waals surface area contributed by atoms with Crippen molar-refractivity contribution in [3.63, 3.8) is 0 Å². The molecule has 0 bridgehead atoms. The van der Waals surface area contributed by atoms with Gasteiger partial charge in [0.15, 0.2) is 11.5 Å². The molecule has 3 aromatic rings. The van der Waals surface area contributed by atoms with Gasteiger partial charge in [-0.05, 0) is 24.7 Å². The Morgan fingerprint density at radius 2 is 2.00 bits per heavy atom. The van der Waals surface area contributed by atoms with E-state index < -0.39 is 0 Å². The number of aliphatic hydroxyl groups is 1. The van der Waals surface area contributed by atoms with Crippen LogP contribution in [0.5, 0.6) is 0 Å². The molecule has 0 radical (unpaired) electrons. The molecule has 4 atom stereocenters. The first kappa shape index (κ1) is 13.9. The zero-order valence-corrected chi connectivity index (χ0v) is 13.2. The summed E-state index contributed by atoms with van der Waals surface area (Å²) >= 11 is 0. The lowest BCUT2D eigenvalue weighted by Gasteiger charge is -2.35. The number of aromatic nitrogens is 6. The molecule has 3 aromatic heterocycles. The van der Waals surface area contributed by atoms with Crippen molar-refractivity contribution in [1.82, 2.24) is 29.5 Å². The Hall–Kier alpha value is -2.48. The second-order valence-corrected chi connectivity index (χ2v) is 6.84. The van der Waals surface area contributed by atoms with E-state index in [1.54, 1.807) is 25.2 Å². The maximum atomic E-state index is 10.6. The molecule has 8 heteroatoms. The third kappa shape index (κ3) is 2.10. The van der Waals surface area contributed by atoms with Gasteiger partial charge in [0, 0.05) is 25.5 Å². The molecular weight excluding hydrogens is 306 g/mol. The molecule has 8 nitrogen and oxygen atoms in total. The first-order valence-electron chi connectivity index (χ1n) is 8.34. The van der Waals surface area contributed by atoms with Gasteiger partial charge >= 0.3 is 0 Å². The van der Waals surface area contributed by atoms with Crippen molar-refractivity contribution < 1.29 is 5.11 Å². The topological polar surface area (TPSA) is 95.8 Å². The maximum absolute atomic E-state index is 10.6. The minimum Gasteiger partial charge on any atom is -0.391 e. The molecule has 2 N–H and O–H groups in total. The fourth-order valence-corrected chi connectivity index (χ4v) is 4.36. The second-order valence-electron chi connectivity index (χ2n) is 6.84. The van der Waals surface area contributed by atoms with Gasteiger partial charge < -0.3 is 19.6 Å². The summed E-state index contributed by atoms with van der Waals surface area (Å²) in [6, 6.07) is 0.117. The van der Waals surface area contributed by atoms with E-state index in [4.69, 9.17) is 0 Å². The molecule has 0 spiro atoms. The third-order valence-corrected chi connectivity index (χ3v) is 5.52. The average Bonchev–Trinajstić information content (AvgIpc) is 3.32. The van der Waals surface area contributed by atoms with Crippen LogP contribution in [0.2, 0.25) is 0 Å². The van der Waals surface area contributed by atoms with Crippen LogP contribution in [0.3, 0.4) is 0 Å². The fraction of sp³-hybridized carbons (Fsp3) is 0.500. The Balaban J connectivity index is 1.41. The van der Waals surface area contributed by atoms with Crippen molar-refractivity contribution >= 4 is 17.0 Å². The number of H-pyrrole nitrogens is 1. The molecule has 1 saturated carbocycles. The molecule has 24 heavy (non-hydrogen) atoms. The molecule has 2 fully saturated rings. The highest BCUT2D eigenvalue weighted by Gasteiger charge is 2.42. The van der Waals surface area contributed by atoms with Crippen molar-refractivity contribution in [2.45, 2.75) is 25.0 Å². The molecule has 5 rings (SSSR count). The van der Waals surface area contributed by atoms with E-state index in [0.29, 0.717) is 17.5 Å². The number of rotatable bonds is 2. The zero-order valence-electron chi connectivity index (χ0n) is 13.2. The lowest BCUT2D eigenvalue weighted by molar-refractivity contribution is 0.0358. The van der Waals surface area contributed by atoms with Crippen LogP contribution in [-0.4, -0.2) is 53.8 Å². The van der Waals surface area contributed by atoms with Crippen LogP contribution < -0.4 is 4.90 Å². The number of aromatic amines is 1. The monoisotopic (exact) mass is 325 g/mol. The summed E-state index contributed by atoms with van der Waals surface area (Å²) in [5.74, 6) is 1.96. The van der Waals surface area contributed by atoms with Crippen molar-refractivity contribution in [2.75, 3.05) is 18.0 Å². The van der Waals surface area contributed by atoms with E-state index in [0.717, 1.165) is 37.3 Å². The molecule has 2 aliphatic rings. The lowest BCUT2D eigenvalue weighted by atomic mass is 9.77. The van der Waals surface area contributed by atoms with Gasteiger partial charge in [-0.15, -0.1) is 0 Å². The molecule has 0 amide bonds. The summed E-state index contributed by atoms with van der Waals surface area (Å²) in [6.45, 7) is 1.87. The highest BCUT2D eigenvalue weighted by molar-refractivity contribution is 5.82. The molecule has 1 aliphatic carbocycles. The van der Waals surface area contributed by atoms with Crippen LogP contribution in [0.1, 0.15) is 18.9 Å². The van der Waals surface area contributed by atoms with E-state index >= 15 is 0 Å². The largest absolute Gasteiger partial charge is 0.391 e. The summed E-state index contributed by atoms with van der Waals surface area (Å²) < 4.78 is 2.04. The smallest absolute Gasteiger partial charge is 0.182 e. The van der Waals surface area contributed by atoms with E-state index in [1.807, 2.05) is 10.8 Å².